The number of hydrogen-bond acceptors (Lipinski definition) is 6. The van der Waals surface area contributed by atoms with Crippen LogP contribution >= 0.6 is 0 Å². The first-order valence-electron chi connectivity index (χ1n) is 27.9. The molecule has 6 nitrogen and oxygen atoms in total. The van der Waals surface area contributed by atoms with E-state index in [1.54, 1.807) is 0 Å². The second-order valence-corrected chi connectivity index (χ2v) is 18.5. The van der Waals surface area contributed by atoms with Crippen molar-refractivity contribution in [2.45, 2.75) is 277 Å². The molecule has 66 heavy (non-hydrogen) atoms. The maximum absolute atomic E-state index is 12.8. The zero-order valence-corrected chi connectivity index (χ0v) is 43.4. The SMILES string of the molecule is CC/C=C\C/C=C\C/C=C\CCCCCCCC(=O)O[C@H](COC(=O)CCCC/C=C\C/C=C\C/C=C\CCCCC)COC(=O)CCCCCCCCCCCCCCCCCCCC. The smallest absolute Gasteiger partial charge is 0.306 e. The van der Waals surface area contributed by atoms with E-state index < -0.39 is 6.10 Å². The summed E-state index contributed by atoms with van der Waals surface area (Å²) in [5.74, 6) is -0.942. The van der Waals surface area contributed by atoms with Gasteiger partial charge in [0.25, 0.3) is 0 Å². The fourth-order valence-corrected chi connectivity index (χ4v) is 7.76. The van der Waals surface area contributed by atoms with Gasteiger partial charge in [0.15, 0.2) is 6.10 Å². The van der Waals surface area contributed by atoms with Crippen molar-refractivity contribution in [3.05, 3.63) is 72.9 Å². The molecule has 0 aliphatic carbocycles. The van der Waals surface area contributed by atoms with Crippen molar-refractivity contribution in [2.75, 3.05) is 13.2 Å². The minimum Gasteiger partial charge on any atom is -0.462 e. The van der Waals surface area contributed by atoms with Crippen molar-refractivity contribution < 1.29 is 28.6 Å². The van der Waals surface area contributed by atoms with Gasteiger partial charge < -0.3 is 14.2 Å². The summed E-state index contributed by atoms with van der Waals surface area (Å²) in [6, 6.07) is 0. The average molecular weight is 921 g/mol. The summed E-state index contributed by atoms with van der Waals surface area (Å²) in [5.41, 5.74) is 0. The van der Waals surface area contributed by atoms with Gasteiger partial charge in [-0.3, -0.25) is 14.4 Å². The highest BCUT2D eigenvalue weighted by Gasteiger charge is 2.19. The highest BCUT2D eigenvalue weighted by Crippen LogP contribution is 2.16. The van der Waals surface area contributed by atoms with Crippen molar-refractivity contribution in [3.63, 3.8) is 0 Å². The Hall–Kier alpha value is -3.15. The Morgan fingerprint density at radius 1 is 0.318 bits per heavy atom. The summed E-state index contributed by atoms with van der Waals surface area (Å²) in [6.45, 7) is 6.47. The molecule has 0 aliphatic rings. The van der Waals surface area contributed by atoms with E-state index in [9.17, 15) is 14.4 Å². The molecule has 1 atom stereocenters. The van der Waals surface area contributed by atoms with Gasteiger partial charge in [-0.2, -0.15) is 0 Å². The third-order valence-electron chi connectivity index (χ3n) is 11.9. The molecule has 0 saturated carbocycles. The second kappa shape index (κ2) is 54.5. The fraction of sp³-hybridized carbons (Fsp3) is 0.750. The Bertz CT molecular complexity index is 1240. The first-order valence-corrected chi connectivity index (χ1v) is 27.9. The number of carbonyl (C=O) groups is 3. The van der Waals surface area contributed by atoms with Crippen molar-refractivity contribution >= 4 is 17.9 Å². The van der Waals surface area contributed by atoms with E-state index in [0.717, 1.165) is 109 Å². The molecule has 0 aromatic rings. The number of ether oxygens (including phenoxy) is 3. The Labute approximate surface area is 408 Å². The largest absolute Gasteiger partial charge is 0.462 e. The van der Waals surface area contributed by atoms with Gasteiger partial charge in [-0.1, -0.05) is 235 Å². The van der Waals surface area contributed by atoms with Gasteiger partial charge in [-0.05, 0) is 89.9 Å². The van der Waals surface area contributed by atoms with Crippen molar-refractivity contribution in [3.8, 4) is 0 Å². The topological polar surface area (TPSA) is 78.9 Å². The quantitative estimate of drug-likeness (QED) is 0.0262. The van der Waals surface area contributed by atoms with Crippen LogP contribution in [0.5, 0.6) is 0 Å². The molecule has 0 amide bonds. The molecule has 0 aromatic heterocycles. The standard InChI is InChI=1S/C60H104O6/c1-4-7-10-13-16-19-22-25-28-29-30-33-35-38-41-44-47-50-53-59(62)65-56-57(66-60(63)54-51-48-45-42-39-36-32-27-24-21-18-15-12-9-6-3)55-64-58(61)52-49-46-43-40-37-34-31-26-23-20-17-14-11-8-5-2/h9,12,17-18,20-21,26-27,31-32,37,40,57H,4-8,10-11,13-16,19,22-25,28-30,33-36,38-39,41-56H2,1-3H3/b12-9-,20-17-,21-18-,31-26-,32-27-,40-37-/t57-/m1/s1. The molecule has 0 unspecified atom stereocenters. The molecule has 0 radical (unpaired) electrons. The van der Waals surface area contributed by atoms with Gasteiger partial charge in [-0.15, -0.1) is 0 Å². The van der Waals surface area contributed by atoms with E-state index in [-0.39, 0.29) is 31.1 Å². The zero-order valence-electron chi connectivity index (χ0n) is 43.4. The number of rotatable bonds is 50. The van der Waals surface area contributed by atoms with Crippen LogP contribution in [-0.2, 0) is 28.6 Å². The Balaban J connectivity index is 4.43. The third kappa shape index (κ3) is 51.8. The number of hydrogen-bond donors (Lipinski definition) is 0. The maximum atomic E-state index is 12.8. The minimum atomic E-state index is -0.798. The van der Waals surface area contributed by atoms with E-state index in [0.29, 0.717) is 19.3 Å². The number of allylic oxidation sites excluding steroid dienone is 12. The predicted molar refractivity (Wildman–Crippen MR) is 284 cm³/mol. The molecule has 380 valence electrons. The first kappa shape index (κ1) is 62.8. The molecule has 6 heteroatoms. The summed E-state index contributed by atoms with van der Waals surface area (Å²) in [7, 11) is 0. The van der Waals surface area contributed by atoms with E-state index in [1.165, 1.54) is 122 Å². The van der Waals surface area contributed by atoms with Crippen molar-refractivity contribution in [1.82, 2.24) is 0 Å². The molecule has 0 N–H and O–H groups in total. The van der Waals surface area contributed by atoms with Crippen LogP contribution in [0.4, 0.5) is 0 Å². The normalized spacial score (nSPS) is 12.6. The lowest BCUT2D eigenvalue weighted by atomic mass is 10.0. The lowest BCUT2D eigenvalue weighted by Crippen LogP contribution is -2.30. The van der Waals surface area contributed by atoms with E-state index >= 15 is 0 Å². The van der Waals surface area contributed by atoms with E-state index in [2.05, 4.69) is 93.7 Å². The van der Waals surface area contributed by atoms with Gasteiger partial charge in [-0.25, -0.2) is 0 Å². The molecule has 0 saturated heterocycles. The number of esters is 3. The van der Waals surface area contributed by atoms with Crippen LogP contribution in [0.2, 0.25) is 0 Å². The summed E-state index contributed by atoms with van der Waals surface area (Å²) >= 11 is 0. The second-order valence-electron chi connectivity index (χ2n) is 18.5. The maximum Gasteiger partial charge on any atom is 0.306 e. The van der Waals surface area contributed by atoms with Crippen molar-refractivity contribution in [1.29, 1.82) is 0 Å². The molecule has 0 fully saturated rings. The van der Waals surface area contributed by atoms with Gasteiger partial charge in [0.2, 0.25) is 0 Å². The minimum absolute atomic E-state index is 0.0927. The number of carbonyl (C=O) groups excluding carboxylic acids is 3. The van der Waals surface area contributed by atoms with E-state index in [1.807, 2.05) is 0 Å². The van der Waals surface area contributed by atoms with Crippen molar-refractivity contribution in [2.24, 2.45) is 0 Å². The molecular formula is C60H104O6. The molecule has 0 spiro atoms. The Morgan fingerprint density at radius 2 is 0.591 bits per heavy atom. The van der Waals surface area contributed by atoms with Crippen LogP contribution in [-0.4, -0.2) is 37.2 Å². The lowest BCUT2D eigenvalue weighted by Gasteiger charge is -2.18. The van der Waals surface area contributed by atoms with Crippen LogP contribution in [0, 0.1) is 0 Å². The van der Waals surface area contributed by atoms with Crippen LogP contribution in [0.3, 0.4) is 0 Å². The molecule has 0 aromatic carbocycles. The van der Waals surface area contributed by atoms with Crippen LogP contribution in [0.25, 0.3) is 0 Å². The first-order chi connectivity index (χ1) is 32.5. The summed E-state index contributed by atoms with van der Waals surface area (Å²) in [6.07, 6.45) is 68.9. The fourth-order valence-electron chi connectivity index (χ4n) is 7.76. The highest BCUT2D eigenvalue weighted by atomic mass is 16.6. The monoisotopic (exact) mass is 921 g/mol. The Morgan fingerprint density at radius 3 is 0.985 bits per heavy atom. The molecule has 0 bridgehead atoms. The molecular weight excluding hydrogens is 817 g/mol. The predicted octanol–water partition coefficient (Wildman–Crippen LogP) is 18.6. The third-order valence-corrected chi connectivity index (χ3v) is 11.9. The Kier molecular flexibility index (Phi) is 51.9. The van der Waals surface area contributed by atoms with E-state index in [4.69, 9.17) is 14.2 Å². The number of unbranched alkanes of at least 4 members (excludes halogenated alkanes) is 27. The van der Waals surface area contributed by atoms with Crippen LogP contribution in [0.15, 0.2) is 72.9 Å². The lowest BCUT2D eigenvalue weighted by molar-refractivity contribution is -0.167. The van der Waals surface area contributed by atoms with Gasteiger partial charge in [0, 0.05) is 19.3 Å². The zero-order chi connectivity index (χ0) is 47.9. The highest BCUT2D eigenvalue weighted by molar-refractivity contribution is 5.71. The molecule has 0 heterocycles. The van der Waals surface area contributed by atoms with Gasteiger partial charge >= 0.3 is 17.9 Å². The summed E-state index contributed by atoms with van der Waals surface area (Å²) < 4.78 is 16.8. The summed E-state index contributed by atoms with van der Waals surface area (Å²) in [4.78, 5) is 38.1. The molecule has 0 aliphatic heterocycles. The molecule has 0 rings (SSSR count). The van der Waals surface area contributed by atoms with Gasteiger partial charge in [0.1, 0.15) is 13.2 Å². The average Bonchev–Trinajstić information content (AvgIpc) is 3.31. The summed E-state index contributed by atoms with van der Waals surface area (Å²) in [5, 5.41) is 0. The van der Waals surface area contributed by atoms with Gasteiger partial charge in [0.05, 0.1) is 0 Å². The van der Waals surface area contributed by atoms with Crippen LogP contribution in [0.1, 0.15) is 271 Å². The van der Waals surface area contributed by atoms with Crippen LogP contribution < -0.4 is 0 Å².